The Morgan fingerprint density at radius 3 is 2.95 bits per heavy atom. The molecule has 5 atom stereocenters. The fourth-order valence-electron chi connectivity index (χ4n) is 4.37. The summed E-state index contributed by atoms with van der Waals surface area (Å²) in [6.45, 7) is 6.30. The predicted octanol–water partition coefficient (Wildman–Crippen LogP) is 3.13. The van der Waals surface area contributed by atoms with Crippen LogP contribution >= 0.6 is 0 Å². The number of rotatable bonds is 3. The van der Waals surface area contributed by atoms with Crippen LogP contribution in [0.4, 0.5) is 0 Å². The quantitative estimate of drug-likeness (QED) is 0.884. The third-order valence-corrected chi connectivity index (χ3v) is 5.61. The first kappa shape index (κ1) is 13.9. The summed E-state index contributed by atoms with van der Waals surface area (Å²) in [4.78, 5) is 7.04. The summed E-state index contributed by atoms with van der Waals surface area (Å²) in [6.07, 6.45) is 6.51. The molecule has 3 saturated heterocycles. The summed E-state index contributed by atoms with van der Waals surface area (Å²) >= 11 is 0. The van der Waals surface area contributed by atoms with Gasteiger partial charge in [-0.05, 0) is 48.9 Å². The Morgan fingerprint density at radius 1 is 1.32 bits per heavy atom. The Bertz CT molecular complexity index is 691. The van der Waals surface area contributed by atoms with E-state index in [1.807, 2.05) is 12.3 Å². The molecule has 4 heterocycles. The highest BCUT2D eigenvalue weighted by Crippen LogP contribution is 2.41. The fourth-order valence-corrected chi connectivity index (χ4v) is 4.37. The van der Waals surface area contributed by atoms with Crippen LogP contribution in [0, 0.1) is 11.8 Å². The molecule has 2 aromatic rings. The summed E-state index contributed by atoms with van der Waals surface area (Å²) in [5.41, 5.74) is 8.99. The zero-order valence-electron chi connectivity index (χ0n) is 12.9. The van der Waals surface area contributed by atoms with Gasteiger partial charge in [0.1, 0.15) is 0 Å². The summed E-state index contributed by atoms with van der Waals surface area (Å²) in [6, 6.07) is 10.9. The lowest BCUT2D eigenvalue weighted by atomic mass is 9.73. The number of nitrogens with two attached hydrogens (primary N) is 1. The van der Waals surface area contributed by atoms with Crippen molar-refractivity contribution in [2.75, 3.05) is 13.1 Å². The van der Waals surface area contributed by atoms with E-state index in [-0.39, 0.29) is 6.04 Å². The van der Waals surface area contributed by atoms with E-state index in [4.69, 9.17) is 5.73 Å². The Balaban J connectivity index is 1.67. The highest BCUT2D eigenvalue weighted by molar-refractivity contribution is 5.82. The normalized spacial score (nSPS) is 32.0. The molecule has 3 nitrogen and oxygen atoms in total. The van der Waals surface area contributed by atoms with Crippen molar-refractivity contribution in [3.63, 3.8) is 0 Å². The van der Waals surface area contributed by atoms with E-state index in [1.54, 1.807) is 0 Å². The minimum Gasteiger partial charge on any atom is -0.323 e. The number of aromatic nitrogens is 1. The number of fused-ring (bicyclic) bond motifs is 4. The molecule has 0 radical (unpaired) electrons. The van der Waals surface area contributed by atoms with Gasteiger partial charge >= 0.3 is 0 Å². The number of pyridine rings is 1. The monoisotopic (exact) mass is 293 g/mol. The minimum absolute atomic E-state index is 0.0569. The smallest absolute Gasteiger partial charge is 0.0705 e. The van der Waals surface area contributed by atoms with Gasteiger partial charge < -0.3 is 5.73 Å². The largest absolute Gasteiger partial charge is 0.323 e. The van der Waals surface area contributed by atoms with Gasteiger partial charge in [-0.25, -0.2) is 0 Å². The van der Waals surface area contributed by atoms with Gasteiger partial charge in [0.05, 0.1) is 5.52 Å². The first-order chi connectivity index (χ1) is 10.8. The average molecular weight is 293 g/mol. The third-order valence-electron chi connectivity index (χ3n) is 5.61. The van der Waals surface area contributed by atoms with Gasteiger partial charge in [0.15, 0.2) is 0 Å². The minimum atomic E-state index is 0.0569. The molecule has 0 saturated carbocycles. The molecule has 3 aliphatic rings. The van der Waals surface area contributed by atoms with Crippen molar-refractivity contribution >= 4 is 10.9 Å². The van der Waals surface area contributed by atoms with Crippen LogP contribution in [0.2, 0.25) is 0 Å². The summed E-state index contributed by atoms with van der Waals surface area (Å²) < 4.78 is 0. The molecule has 1 aromatic carbocycles. The Hall–Kier alpha value is -1.71. The maximum atomic E-state index is 6.71. The predicted molar refractivity (Wildman–Crippen MR) is 90.4 cm³/mol. The van der Waals surface area contributed by atoms with Gasteiger partial charge in [-0.15, -0.1) is 6.58 Å². The van der Waals surface area contributed by atoms with Crippen molar-refractivity contribution in [2.24, 2.45) is 17.6 Å². The number of piperidine rings is 3. The summed E-state index contributed by atoms with van der Waals surface area (Å²) in [7, 11) is 0. The second kappa shape index (κ2) is 5.49. The molecule has 2 bridgehead atoms. The topological polar surface area (TPSA) is 42.1 Å². The molecule has 114 valence electrons. The van der Waals surface area contributed by atoms with Crippen molar-refractivity contribution in [1.82, 2.24) is 9.88 Å². The van der Waals surface area contributed by atoms with Crippen LogP contribution in [0.15, 0.2) is 49.2 Å². The zero-order valence-corrected chi connectivity index (χ0v) is 12.9. The van der Waals surface area contributed by atoms with Gasteiger partial charge in [-0.1, -0.05) is 24.3 Å². The van der Waals surface area contributed by atoms with E-state index < -0.39 is 0 Å². The van der Waals surface area contributed by atoms with Crippen molar-refractivity contribution in [3.8, 4) is 0 Å². The van der Waals surface area contributed by atoms with E-state index in [0.717, 1.165) is 18.0 Å². The van der Waals surface area contributed by atoms with Gasteiger partial charge in [-0.2, -0.15) is 0 Å². The summed E-state index contributed by atoms with van der Waals surface area (Å²) in [5, 5.41) is 1.19. The number of benzene rings is 1. The lowest BCUT2D eigenvalue weighted by Crippen LogP contribution is -2.56. The van der Waals surface area contributed by atoms with E-state index >= 15 is 0 Å². The van der Waals surface area contributed by atoms with Crippen LogP contribution in [0.1, 0.15) is 24.4 Å². The van der Waals surface area contributed by atoms with Crippen LogP contribution in [0.5, 0.6) is 0 Å². The van der Waals surface area contributed by atoms with E-state index in [0.29, 0.717) is 12.0 Å². The molecule has 3 aliphatic heterocycles. The van der Waals surface area contributed by atoms with Crippen molar-refractivity contribution in [3.05, 3.63) is 54.7 Å². The molecule has 1 aromatic heterocycles. The molecule has 0 aliphatic carbocycles. The van der Waals surface area contributed by atoms with Crippen molar-refractivity contribution in [1.29, 1.82) is 0 Å². The third kappa shape index (κ3) is 2.16. The highest BCUT2D eigenvalue weighted by atomic mass is 15.2. The molecule has 5 rings (SSSR count). The maximum Gasteiger partial charge on any atom is 0.0705 e. The first-order valence-electron chi connectivity index (χ1n) is 8.24. The lowest BCUT2D eigenvalue weighted by molar-refractivity contribution is 0.00749. The number of hydrogen-bond donors (Lipinski definition) is 1. The van der Waals surface area contributed by atoms with E-state index in [9.17, 15) is 0 Å². The number of nitrogens with zero attached hydrogens (tertiary/aromatic N) is 2. The SMILES string of the molecule is C=CC1CN2CCC1CC2[C@H](N)c1ccnc2ccccc12. The molecule has 4 unspecified atom stereocenters. The Morgan fingerprint density at radius 2 is 2.18 bits per heavy atom. The molecule has 0 spiro atoms. The van der Waals surface area contributed by atoms with Gasteiger partial charge in [0, 0.05) is 30.2 Å². The van der Waals surface area contributed by atoms with Gasteiger partial charge in [0.2, 0.25) is 0 Å². The fraction of sp³-hybridized carbons (Fsp3) is 0.421. The van der Waals surface area contributed by atoms with Crippen LogP contribution in [-0.2, 0) is 0 Å². The summed E-state index contributed by atoms with van der Waals surface area (Å²) in [5.74, 6) is 1.40. The van der Waals surface area contributed by atoms with Gasteiger partial charge in [0.25, 0.3) is 0 Å². The van der Waals surface area contributed by atoms with Crippen LogP contribution in [-0.4, -0.2) is 29.0 Å². The molecular weight excluding hydrogens is 270 g/mol. The van der Waals surface area contributed by atoms with Crippen molar-refractivity contribution in [2.45, 2.75) is 24.9 Å². The molecular formula is C19H23N3. The standard InChI is InChI=1S/C19H23N3/c1-2-13-12-22-10-8-14(13)11-18(22)19(20)16-7-9-21-17-6-4-3-5-15(16)17/h2-7,9,13-14,18-19H,1,8,10-12,20H2/t13?,14?,18?,19-/m1/s1. The molecule has 3 fully saturated rings. The Kier molecular flexibility index (Phi) is 3.47. The lowest BCUT2D eigenvalue weighted by Gasteiger charge is -2.51. The average Bonchev–Trinajstić information content (AvgIpc) is 2.60. The second-order valence-corrected chi connectivity index (χ2v) is 6.69. The molecule has 0 amide bonds. The first-order valence-corrected chi connectivity index (χ1v) is 8.24. The Labute approximate surface area is 131 Å². The number of hydrogen-bond acceptors (Lipinski definition) is 3. The van der Waals surface area contributed by atoms with Crippen LogP contribution in [0.25, 0.3) is 10.9 Å². The van der Waals surface area contributed by atoms with Crippen LogP contribution in [0.3, 0.4) is 0 Å². The van der Waals surface area contributed by atoms with E-state index in [1.165, 1.54) is 30.3 Å². The second-order valence-electron chi connectivity index (χ2n) is 6.69. The number of para-hydroxylation sites is 1. The zero-order chi connectivity index (χ0) is 15.1. The van der Waals surface area contributed by atoms with Crippen LogP contribution < -0.4 is 5.73 Å². The molecule has 2 N–H and O–H groups in total. The van der Waals surface area contributed by atoms with E-state index in [2.05, 4.69) is 46.8 Å². The highest BCUT2D eigenvalue weighted by Gasteiger charge is 2.41. The molecule has 3 heteroatoms. The molecule has 22 heavy (non-hydrogen) atoms. The maximum absolute atomic E-state index is 6.71. The van der Waals surface area contributed by atoms with Gasteiger partial charge in [-0.3, -0.25) is 9.88 Å². The van der Waals surface area contributed by atoms with Crippen molar-refractivity contribution < 1.29 is 0 Å².